The van der Waals surface area contributed by atoms with E-state index in [2.05, 4.69) is 11.8 Å². The number of carboxylic acids is 1. The SMILES string of the molecule is CC1CC(C(=O)O)N(C(C)C)C1. The van der Waals surface area contributed by atoms with Gasteiger partial charge in [-0.05, 0) is 26.2 Å². The Morgan fingerprint density at radius 3 is 2.50 bits per heavy atom. The number of carboxylic acid groups (broad SMARTS) is 1. The van der Waals surface area contributed by atoms with Gasteiger partial charge in [-0.15, -0.1) is 0 Å². The summed E-state index contributed by atoms with van der Waals surface area (Å²) in [6.07, 6.45) is 0.799. The van der Waals surface area contributed by atoms with Gasteiger partial charge in [-0.1, -0.05) is 6.92 Å². The van der Waals surface area contributed by atoms with Crippen LogP contribution in [0.1, 0.15) is 27.2 Å². The lowest BCUT2D eigenvalue weighted by molar-refractivity contribution is -0.142. The molecule has 70 valence electrons. The molecule has 0 aromatic heterocycles. The lowest BCUT2D eigenvalue weighted by Gasteiger charge is -2.24. The van der Waals surface area contributed by atoms with Crippen LogP contribution in [0.3, 0.4) is 0 Å². The Morgan fingerprint density at radius 2 is 2.17 bits per heavy atom. The summed E-state index contributed by atoms with van der Waals surface area (Å²) < 4.78 is 0. The molecule has 0 saturated carbocycles. The highest BCUT2D eigenvalue weighted by Crippen LogP contribution is 2.24. The highest BCUT2D eigenvalue weighted by molar-refractivity contribution is 5.73. The van der Waals surface area contributed by atoms with Gasteiger partial charge < -0.3 is 5.11 Å². The van der Waals surface area contributed by atoms with Crippen molar-refractivity contribution in [1.82, 2.24) is 4.90 Å². The van der Waals surface area contributed by atoms with Crippen molar-refractivity contribution in [3.05, 3.63) is 0 Å². The lowest BCUT2D eigenvalue weighted by Crippen LogP contribution is -2.40. The zero-order chi connectivity index (χ0) is 9.30. The third-order valence-corrected chi connectivity index (χ3v) is 2.50. The van der Waals surface area contributed by atoms with E-state index < -0.39 is 5.97 Å². The molecular formula is C9H17NO2. The zero-order valence-electron chi connectivity index (χ0n) is 7.95. The molecule has 1 heterocycles. The average Bonchev–Trinajstić information content (AvgIpc) is 2.31. The molecule has 0 amide bonds. The first-order valence-electron chi connectivity index (χ1n) is 4.51. The number of hydrogen-bond acceptors (Lipinski definition) is 2. The first kappa shape index (κ1) is 9.52. The monoisotopic (exact) mass is 171 g/mol. The zero-order valence-corrected chi connectivity index (χ0v) is 7.95. The van der Waals surface area contributed by atoms with Crippen molar-refractivity contribution in [3.63, 3.8) is 0 Å². The van der Waals surface area contributed by atoms with E-state index in [0.717, 1.165) is 13.0 Å². The number of hydrogen-bond donors (Lipinski definition) is 1. The summed E-state index contributed by atoms with van der Waals surface area (Å²) in [7, 11) is 0. The van der Waals surface area contributed by atoms with Crippen molar-refractivity contribution >= 4 is 5.97 Å². The van der Waals surface area contributed by atoms with Crippen molar-refractivity contribution in [2.45, 2.75) is 39.3 Å². The number of likely N-dealkylation sites (tertiary alicyclic amines) is 1. The Balaban J connectivity index is 2.65. The van der Waals surface area contributed by atoms with Gasteiger partial charge in [-0.2, -0.15) is 0 Å². The minimum absolute atomic E-state index is 0.250. The molecule has 3 heteroatoms. The van der Waals surface area contributed by atoms with Crippen LogP contribution >= 0.6 is 0 Å². The maximum atomic E-state index is 10.8. The predicted molar refractivity (Wildman–Crippen MR) is 47.0 cm³/mol. The molecule has 3 nitrogen and oxygen atoms in total. The van der Waals surface area contributed by atoms with E-state index in [4.69, 9.17) is 5.11 Å². The summed E-state index contributed by atoms with van der Waals surface area (Å²) in [5, 5.41) is 8.91. The van der Waals surface area contributed by atoms with Gasteiger partial charge in [0.1, 0.15) is 6.04 Å². The van der Waals surface area contributed by atoms with Gasteiger partial charge in [0.2, 0.25) is 0 Å². The molecule has 2 atom stereocenters. The molecule has 0 aliphatic carbocycles. The fraction of sp³-hybridized carbons (Fsp3) is 0.889. The van der Waals surface area contributed by atoms with Gasteiger partial charge in [0.15, 0.2) is 0 Å². The molecule has 1 aliphatic rings. The van der Waals surface area contributed by atoms with Crippen molar-refractivity contribution in [3.8, 4) is 0 Å². The van der Waals surface area contributed by atoms with Gasteiger partial charge in [-0.25, -0.2) is 0 Å². The Morgan fingerprint density at radius 1 is 1.58 bits per heavy atom. The first-order chi connectivity index (χ1) is 5.52. The van der Waals surface area contributed by atoms with Gasteiger partial charge in [0, 0.05) is 12.6 Å². The lowest BCUT2D eigenvalue weighted by atomic mass is 10.1. The van der Waals surface area contributed by atoms with Crippen LogP contribution in [-0.4, -0.2) is 34.6 Å². The molecule has 1 fully saturated rings. The summed E-state index contributed by atoms with van der Waals surface area (Å²) in [5.74, 6) is -0.151. The van der Waals surface area contributed by atoms with Gasteiger partial charge in [-0.3, -0.25) is 9.69 Å². The largest absolute Gasteiger partial charge is 0.480 e. The van der Waals surface area contributed by atoms with E-state index in [9.17, 15) is 4.79 Å². The molecule has 2 unspecified atom stereocenters. The molecule has 0 aromatic carbocycles. The summed E-state index contributed by atoms with van der Waals surface area (Å²) >= 11 is 0. The third-order valence-electron chi connectivity index (χ3n) is 2.50. The van der Waals surface area contributed by atoms with E-state index in [1.165, 1.54) is 0 Å². The molecule has 0 bridgehead atoms. The normalized spacial score (nSPS) is 31.3. The summed E-state index contributed by atoms with van der Waals surface area (Å²) in [5.41, 5.74) is 0. The average molecular weight is 171 g/mol. The van der Waals surface area contributed by atoms with Crippen molar-refractivity contribution in [2.24, 2.45) is 5.92 Å². The number of nitrogens with zero attached hydrogens (tertiary/aromatic N) is 1. The number of carbonyl (C=O) groups is 1. The van der Waals surface area contributed by atoms with Gasteiger partial charge in [0.05, 0.1) is 0 Å². The number of aliphatic carboxylic acids is 1. The minimum atomic E-state index is -0.673. The van der Waals surface area contributed by atoms with Crippen molar-refractivity contribution < 1.29 is 9.90 Å². The Bertz CT molecular complexity index is 179. The second kappa shape index (κ2) is 3.44. The molecular weight excluding hydrogens is 154 g/mol. The van der Waals surface area contributed by atoms with Crippen LogP contribution < -0.4 is 0 Å². The summed E-state index contributed by atoms with van der Waals surface area (Å²) in [6.45, 7) is 7.13. The van der Waals surface area contributed by atoms with E-state index in [1.54, 1.807) is 0 Å². The predicted octanol–water partition coefficient (Wildman–Crippen LogP) is 1.19. The van der Waals surface area contributed by atoms with Crippen LogP contribution in [0.15, 0.2) is 0 Å². The van der Waals surface area contributed by atoms with E-state index in [1.807, 2.05) is 13.8 Å². The summed E-state index contributed by atoms with van der Waals surface area (Å²) in [4.78, 5) is 12.9. The second-order valence-corrected chi connectivity index (χ2v) is 3.99. The van der Waals surface area contributed by atoms with Crippen LogP contribution in [0.25, 0.3) is 0 Å². The minimum Gasteiger partial charge on any atom is -0.480 e. The maximum absolute atomic E-state index is 10.8. The highest BCUT2D eigenvalue weighted by atomic mass is 16.4. The molecule has 1 rings (SSSR count). The standard InChI is InChI=1S/C9H17NO2/c1-6(2)10-5-7(3)4-8(10)9(11)12/h6-8H,4-5H2,1-3H3,(H,11,12). The van der Waals surface area contributed by atoms with Crippen LogP contribution in [-0.2, 0) is 4.79 Å². The maximum Gasteiger partial charge on any atom is 0.320 e. The van der Waals surface area contributed by atoms with Crippen LogP contribution in [0.2, 0.25) is 0 Å². The van der Waals surface area contributed by atoms with Gasteiger partial charge in [0.25, 0.3) is 0 Å². The molecule has 1 aliphatic heterocycles. The Labute approximate surface area is 73.4 Å². The molecule has 1 saturated heterocycles. The van der Waals surface area contributed by atoms with E-state index in [0.29, 0.717) is 12.0 Å². The first-order valence-corrected chi connectivity index (χ1v) is 4.51. The molecule has 0 spiro atoms. The van der Waals surface area contributed by atoms with Crippen LogP contribution in [0.4, 0.5) is 0 Å². The van der Waals surface area contributed by atoms with E-state index in [-0.39, 0.29) is 6.04 Å². The molecule has 0 aromatic rings. The molecule has 0 radical (unpaired) electrons. The quantitative estimate of drug-likeness (QED) is 0.678. The van der Waals surface area contributed by atoms with Crippen LogP contribution in [0, 0.1) is 5.92 Å². The van der Waals surface area contributed by atoms with E-state index >= 15 is 0 Å². The van der Waals surface area contributed by atoms with Crippen LogP contribution in [0.5, 0.6) is 0 Å². The van der Waals surface area contributed by atoms with Gasteiger partial charge >= 0.3 is 5.97 Å². The fourth-order valence-corrected chi connectivity index (χ4v) is 1.89. The highest BCUT2D eigenvalue weighted by Gasteiger charge is 2.35. The smallest absolute Gasteiger partial charge is 0.320 e. The molecule has 1 N–H and O–H groups in total. The third kappa shape index (κ3) is 1.78. The van der Waals surface area contributed by atoms with Crippen molar-refractivity contribution in [2.75, 3.05) is 6.54 Å². The molecule has 12 heavy (non-hydrogen) atoms. The number of rotatable bonds is 2. The fourth-order valence-electron chi connectivity index (χ4n) is 1.89. The van der Waals surface area contributed by atoms with Crippen molar-refractivity contribution in [1.29, 1.82) is 0 Å². The Kier molecular flexibility index (Phi) is 2.73. The second-order valence-electron chi connectivity index (χ2n) is 3.99. The summed E-state index contributed by atoms with van der Waals surface area (Å²) in [6, 6.07) is 0.0936. The topological polar surface area (TPSA) is 40.5 Å². The Hall–Kier alpha value is -0.570.